The summed E-state index contributed by atoms with van der Waals surface area (Å²) in [4.78, 5) is 47.7. The van der Waals surface area contributed by atoms with Crippen molar-refractivity contribution in [1.82, 2.24) is 5.32 Å². The van der Waals surface area contributed by atoms with Gasteiger partial charge in [0, 0.05) is 25.1 Å². The van der Waals surface area contributed by atoms with Gasteiger partial charge in [-0.15, -0.1) is 0 Å². The van der Waals surface area contributed by atoms with E-state index in [0.717, 1.165) is 5.56 Å². The lowest BCUT2D eigenvalue weighted by Gasteiger charge is -2.18. The maximum atomic E-state index is 12.3. The van der Waals surface area contributed by atoms with Gasteiger partial charge in [-0.05, 0) is 25.5 Å². The summed E-state index contributed by atoms with van der Waals surface area (Å²) in [7, 11) is 0. The molecule has 1 heterocycles. The average Bonchev–Trinajstić information content (AvgIpc) is 2.93. The molecule has 3 N–H and O–H groups in total. The molecule has 1 aliphatic heterocycles. The molecule has 134 valence electrons. The van der Waals surface area contributed by atoms with Gasteiger partial charge in [0.15, 0.2) is 0 Å². The minimum absolute atomic E-state index is 0.00895. The van der Waals surface area contributed by atoms with Crippen LogP contribution in [0, 0.1) is 12.8 Å². The Balaban J connectivity index is 2.00. The van der Waals surface area contributed by atoms with E-state index < -0.39 is 29.8 Å². The first-order valence-electron chi connectivity index (χ1n) is 7.90. The molecule has 1 unspecified atom stereocenters. The van der Waals surface area contributed by atoms with Crippen molar-refractivity contribution in [2.75, 3.05) is 11.4 Å². The first-order chi connectivity index (χ1) is 11.8. The highest BCUT2D eigenvalue weighted by Gasteiger charge is 2.36. The summed E-state index contributed by atoms with van der Waals surface area (Å²) in [6.07, 6.45) is -0.583. The number of carbonyl (C=O) groups excluding carboxylic acids is 2. The zero-order valence-corrected chi connectivity index (χ0v) is 13.8. The third kappa shape index (κ3) is 4.79. The zero-order chi connectivity index (χ0) is 18.6. The standard InChI is InChI=1S/C17H20N2O6/c1-10-2-4-12(5-3-10)19-9-11(8-14(19)20)16(23)18-13(17(24)25)6-7-15(21)22/h2-5,11,13H,6-9H2,1H3,(H,18,23)(H,21,22)(H,24,25)/t11?,13-/m0/s1. The second kappa shape index (κ2) is 7.78. The number of nitrogens with one attached hydrogen (secondary N) is 1. The molecule has 25 heavy (non-hydrogen) atoms. The number of aliphatic carboxylic acids is 2. The molecule has 1 saturated heterocycles. The fourth-order valence-corrected chi connectivity index (χ4v) is 2.67. The fraction of sp³-hybridized carbons (Fsp3) is 0.412. The predicted molar refractivity (Wildman–Crippen MR) is 88.1 cm³/mol. The fourth-order valence-electron chi connectivity index (χ4n) is 2.67. The summed E-state index contributed by atoms with van der Waals surface area (Å²) in [5.41, 5.74) is 1.74. The molecule has 0 aliphatic carbocycles. The Kier molecular flexibility index (Phi) is 5.74. The van der Waals surface area contributed by atoms with E-state index in [0.29, 0.717) is 5.69 Å². The first kappa shape index (κ1) is 18.4. The molecule has 1 fully saturated rings. The number of carboxylic acid groups (broad SMARTS) is 2. The number of hydrogen-bond acceptors (Lipinski definition) is 4. The number of carbonyl (C=O) groups is 4. The van der Waals surface area contributed by atoms with E-state index in [1.807, 2.05) is 19.1 Å². The number of benzene rings is 1. The van der Waals surface area contributed by atoms with E-state index >= 15 is 0 Å². The lowest BCUT2D eigenvalue weighted by Crippen LogP contribution is -2.44. The Morgan fingerprint density at radius 2 is 1.88 bits per heavy atom. The number of carboxylic acids is 2. The van der Waals surface area contributed by atoms with Crippen LogP contribution in [0.5, 0.6) is 0 Å². The van der Waals surface area contributed by atoms with E-state index in [9.17, 15) is 19.2 Å². The predicted octanol–water partition coefficient (Wildman–Crippen LogP) is 0.782. The molecule has 0 aromatic heterocycles. The van der Waals surface area contributed by atoms with E-state index in [1.54, 1.807) is 12.1 Å². The Labute approximate surface area is 144 Å². The van der Waals surface area contributed by atoms with Gasteiger partial charge in [0.05, 0.1) is 5.92 Å². The molecule has 8 nitrogen and oxygen atoms in total. The van der Waals surface area contributed by atoms with Gasteiger partial charge < -0.3 is 20.4 Å². The lowest BCUT2D eigenvalue weighted by molar-refractivity contribution is -0.143. The topological polar surface area (TPSA) is 124 Å². The largest absolute Gasteiger partial charge is 0.481 e. The van der Waals surface area contributed by atoms with Crippen LogP contribution in [0.2, 0.25) is 0 Å². The number of aryl methyl sites for hydroxylation is 1. The quantitative estimate of drug-likeness (QED) is 0.669. The number of amides is 2. The third-order valence-electron chi connectivity index (χ3n) is 4.10. The van der Waals surface area contributed by atoms with Gasteiger partial charge in [-0.3, -0.25) is 14.4 Å². The molecule has 2 rings (SSSR count). The number of nitrogens with zero attached hydrogens (tertiary/aromatic N) is 1. The Hall–Kier alpha value is -2.90. The van der Waals surface area contributed by atoms with Crippen molar-refractivity contribution >= 4 is 29.4 Å². The van der Waals surface area contributed by atoms with E-state index in [4.69, 9.17) is 10.2 Å². The van der Waals surface area contributed by atoms with Gasteiger partial charge in [-0.2, -0.15) is 0 Å². The highest BCUT2D eigenvalue weighted by molar-refractivity contribution is 6.00. The van der Waals surface area contributed by atoms with Crippen LogP contribution in [0.3, 0.4) is 0 Å². The SMILES string of the molecule is Cc1ccc(N2CC(C(=O)N[C@@H](CCC(=O)O)C(=O)O)CC2=O)cc1. The normalized spacial score (nSPS) is 18.0. The second-order valence-electron chi connectivity index (χ2n) is 6.07. The van der Waals surface area contributed by atoms with Crippen LogP contribution in [0.1, 0.15) is 24.8 Å². The van der Waals surface area contributed by atoms with Crippen molar-refractivity contribution in [3.8, 4) is 0 Å². The van der Waals surface area contributed by atoms with Crippen molar-refractivity contribution in [1.29, 1.82) is 0 Å². The van der Waals surface area contributed by atoms with Crippen LogP contribution in [0.4, 0.5) is 5.69 Å². The molecule has 0 saturated carbocycles. The van der Waals surface area contributed by atoms with Gasteiger partial charge >= 0.3 is 11.9 Å². The van der Waals surface area contributed by atoms with Crippen LogP contribution in [0.15, 0.2) is 24.3 Å². The molecular formula is C17H20N2O6. The van der Waals surface area contributed by atoms with Crippen LogP contribution in [-0.2, 0) is 19.2 Å². The summed E-state index contributed by atoms with van der Waals surface area (Å²) < 4.78 is 0. The maximum Gasteiger partial charge on any atom is 0.326 e. The highest BCUT2D eigenvalue weighted by atomic mass is 16.4. The van der Waals surface area contributed by atoms with Gasteiger partial charge in [0.2, 0.25) is 11.8 Å². The number of rotatable bonds is 7. The summed E-state index contributed by atoms with van der Waals surface area (Å²) >= 11 is 0. The van der Waals surface area contributed by atoms with E-state index in [1.165, 1.54) is 4.90 Å². The van der Waals surface area contributed by atoms with Crippen molar-refractivity contribution in [2.45, 2.75) is 32.2 Å². The van der Waals surface area contributed by atoms with Crippen LogP contribution in [0.25, 0.3) is 0 Å². The molecule has 2 atom stereocenters. The van der Waals surface area contributed by atoms with Gasteiger partial charge in [0.1, 0.15) is 6.04 Å². The summed E-state index contributed by atoms with van der Waals surface area (Å²) in [6, 6.07) is 6.03. The van der Waals surface area contributed by atoms with Crippen molar-refractivity contribution < 1.29 is 29.4 Å². The van der Waals surface area contributed by atoms with Crippen molar-refractivity contribution in [2.24, 2.45) is 5.92 Å². The van der Waals surface area contributed by atoms with E-state index in [2.05, 4.69) is 5.32 Å². The molecular weight excluding hydrogens is 328 g/mol. The van der Waals surface area contributed by atoms with E-state index in [-0.39, 0.29) is 31.7 Å². The van der Waals surface area contributed by atoms with Gasteiger partial charge in [-0.25, -0.2) is 4.79 Å². The average molecular weight is 348 g/mol. The summed E-state index contributed by atoms with van der Waals surface area (Å²) in [5.74, 6) is -3.86. The molecule has 2 amide bonds. The van der Waals surface area contributed by atoms with Crippen molar-refractivity contribution in [3.63, 3.8) is 0 Å². The molecule has 8 heteroatoms. The zero-order valence-electron chi connectivity index (χ0n) is 13.8. The second-order valence-corrected chi connectivity index (χ2v) is 6.07. The molecule has 1 aromatic carbocycles. The number of hydrogen-bond donors (Lipinski definition) is 3. The van der Waals surface area contributed by atoms with Crippen LogP contribution in [-0.4, -0.2) is 46.6 Å². The third-order valence-corrected chi connectivity index (χ3v) is 4.10. The van der Waals surface area contributed by atoms with Gasteiger partial charge in [-0.1, -0.05) is 17.7 Å². The molecule has 0 bridgehead atoms. The molecule has 0 spiro atoms. The summed E-state index contributed by atoms with van der Waals surface area (Å²) in [5, 5.41) is 20.1. The van der Waals surface area contributed by atoms with Crippen LogP contribution < -0.4 is 10.2 Å². The Morgan fingerprint density at radius 1 is 1.24 bits per heavy atom. The number of anilines is 1. The monoisotopic (exact) mass is 348 g/mol. The maximum absolute atomic E-state index is 12.3. The Morgan fingerprint density at radius 3 is 2.44 bits per heavy atom. The molecule has 1 aromatic rings. The van der Waals surface area contributed by atoms with Crippen LogP contribution >= 0.6 is 0 Å². The molecule has 0 radical (unpaired) electrons. The highest BCUT2D eigenvalue weighted by Crippen LogP contribution is 2.25. The van der Waals surface area contributed by atoms with Crippen molar-refractivity contribution in [3.05, 3.63) is 29.8 Å². The van der Waals surface area contributed by atoms with Gasteiger partial charge in [0.25, 0.3) is 0 Å². The minimum atomic E-state index is -1.30. The Bertz CT molecular complexity index is 685. The smallest absolute Gasteiger partial charge is 0.326 e. The minimum Gasteiger partial charge on any atom is -0.481 e. The molecule has 1 aliphatic rings. The summed E-state index contributed by atoms with van der Waals surface area (Å²) in [6.45, 7) is 2.09. The lowest BCUT2D eigenvalue weighted by atomic mass is 10.1. The first-order valence-corrected chi connectivity index (χ1v) is 7.90.